The molecule has 0 aliphatic heterocycles. The zero-order valence-corrected chi connectivity index (χ0v) is 12.0. The summed E-state index contributed by atoms with van der Waals surface area (Å²) in [4.78, 5) is 20.4. The number of imidazole rings is 1. The average Bonchev–Trinajstić information content (AvgIpc) is 2.89. The third-order valence-electron chi connectivity index (χ3n) is 3.33. The molecule has 2 N–H and O–H groups in total. The lowest BCUT2D eigenvalue weighted by Crippen LogP contribution is -2.13. The van der Waals surface area contributed by atoms with E-state index in [9.17, 15) is 4.79 Å². The zero-order chi connectivity index (χ0) is 15.5. The quantitative estimate of drug-likeness (QED) is 0.747. The number of ether oxygens (including phenoxy) is 1. The maximum atomic E-state index is 11.8. The van der Waals surface area contributed by atoms with Gasteiger partial charge in [-0.05, 0) is 24.6 Å². The van der Waals surface area contributed by atoms with E-state index in [4.69, 9.17) is 10.6 Å². The van der Waals surface area contributed by atoms with Crippen LogP contribution in [0.15, 0.2) is 48.7 Å². The van der Waals surface area contributed by atoms with Crippen LogP contribution in [0.1, 0.15) is 21.7 Å². The molecule has 0 aliphatic rings. The van der Waals surface area contributed by atoms with Gasteiger partial charge in [-0.2, -0.15) is 5.90 Å². The lowest BCUT2D eigenvalue weighted by molar-refractivity contribution is 0.0494. The second-order valence-electron chi connectivity index (χ2n) is 4.79. The van der Waals surface area contributed by atoms with E-state index in [0.29, 0.717) is 29.4 Å². The van der Waals surface area contributed by atoms with Gasteiger partial charge in [-0.25, -0.2) is 9.78 Å². The summed E-state index contributed by atoms with van der Waals surface area (Å²) in [6, 6.07) is 13.4. The van der Waals surface area contributed by atoms with Crippen LogP contribution >= 0.6 is 0 Å². The Morgan fingerprint density at radius 1 is 1.23 bits per heavy atom. The zero-order valence-electron chi connectivity index (χ0n) is 12.0. The van der Waals surface area contributed by atoms with Gasteiger partial charge in [-0.1, -0.05) is 30.3 Å². The highest BCUT2D eigenvalue weighted by molar-refractivity contribution is 5.90. The van der Waals surface area contributed by atoms with Crippen LogP contribution in [-0.4, -0.2) is 15.4 Å². The van der Waals surface area contributed by atoms with Crippen molar-refractivity contribution < 1.29 is 14.4 Å². The number of pyridine rings is 1. The van der Waals surface area contributed by atoms with Crippen LogP contribution in [0.2, 0.25) is 0 Å². The Morgan fingerprint density at radius 2 is 2.00 bits per heavy atom. The maximum absolute atomic E-state index is 11.8. The topological polar surface area (TPSA) is 78.8 Å². The summed E-state index contributed by atoms with van der Waals surface area (Å²) in [5, 5.41) is 0. The molecule has 0 unspecified atom stereocenters. The fourth-order valence-corrected chi connectivity index (χ4v) is 2.31. The SMILES string of the molecule is Cc1nc2c(OCc3ccccc3)cccn2c1C(=O)ON. The Hall–Kier alpha value is -2.86. The van der Waals surface area contributed by atoms with E-state index < -0.39 is 5.97 Å². The highest BCUT2D eigenvalue weighted by atomic mass is 16.7. The summed E-state index contributed by atoms with van der Waals surface area (Å²) in [7, 11) is 0. The number of aryl methyl sites for hydroxylation is 1. The molecular weight excluding hydrogens is 282 g/mol. The number of hydrogen-bond donors (Lipinski definition) is 1. The van der Waals surface area contributed by atoms with Gasteiger partial charge in [0.25, 0.3) is 0 Å². The van der Waals surface area contributed by atoms with Crippen molar-refractivity contribution in [3.8, 4) is 5.75 Å². The highest BCUT2D eigenvalue weighted by Gasteiger charge is 2.19. The van der Waals surface area contributed by atoms with Crippen LogP contribution < -0.4 is 10.6 Å². The number of hydrogen-bond acceptors (Lipinski definition) is 5. The average molecular weight is 297 g/mol. The number of aromatic nitrogens is 2. The minimum Gasteiger partial charge on any atom is -0.485 e. The Bertz CT molecular complexity index is 812. The van der Waals surface area contributed by atoms with Crippen molar-refractivity contribution >= 4 is 11.6 Å². The maximum Gasteiger partial charge on any atom is 0.375 e. The number of carbonyl (C=O) groups excluding carboxylic acids is 1. The first-order valence-electron chi connectivity index (χ1n) is 6.76. The molecule has 0 amide bonds. The molecule has 0 saturated heterocycles. The van der Waals surface area contributed by atoms with Gasteiger partial charge in [-0.3, -0.25) is 4.40 Å². The number of rotatable bonds is 4. The van der Waals surface area contributed by atoms with Gasteiger partial charge in [0.2, 0.25) is 0 Å². The molecular formula is C16H15N3O3. The van der Waals surface area contributed by atoms with Crippen LogP contribution in [0.3, 0.4) is 0 Å². The summed E-state index contributed by atoms with van der Waals surface area (Å²) in [5.74, 6) is 4.93. The molecule has 3 rings (SSSR count). The molecule has 0 saturated carbocycles. The Morgan fingerprint density at radius 3 is 2.73 bits per heavy atom. The molecule has 2 aromatic heterocycles. The number of benzene rings is 1. The molecule has 2 heterocycles. The third-order valence-corrected chi connectivity index (χ3v) is 3.33. The summed E-state index contributed by atoms with van der Waals surface area (Å²) in [5.41, 5.74) is 2.43. The minimum absolute atomic E-state index is 0.294. The second kappa shape index (κ2) is 5.87. The number of nitrogens with zero attached hydrogens (tertiary/aromatic N) is 2. The number of carbonyl (C=O) groups is 1. The Labute approximate surface area is 127 Å². The lowest BCUT2D eigenvalue weighted by Gasteiger charge is -2.07. The fourth-order valence-electron chi connectivity index (χ4n) is 2.31. The predicted octanol–water partition coefficient (Wildman–Crippen LogP) is 2.25. The summed E-state index contributed by atoms with van der Waals surface area (Å²) in [6.07, 6.45) is 1.72. The van der Waals surface area contributed by atoms with Gasteiger partial charge < -0.3 is 9.57 Å². The van der Waals surface area contributed by atoms with Gasteiger partial charge in [-0.15, -0.1) is 0 Å². The fraction of sp³-hybridized carbons (Fsp3) is 0.125. The third kappa shape index (κ3) is 2.51. The van der Waals surface area contributed by atoms with E-state index >= 15 is 0 Å². The molecule has 3 aromatic rings. The molecule has 0 radical (unpaired) electrons. The molecule has 112 valence electrons. The molecule has 0 spiro atoms. The van der Waals surface area contributed by atoms with E-state index in [-0.39, 0.29) is 0 Å². The van der Waals surface area contributed by atoms with Crippen LogP contribution in [0.4, 0.5) is 0 Å². The highest BCUT2D eigenvalue weighted by Crippen LogP contribution is 2.23. The van der Waals surface area contributed by atoms with Crippen molar-refractivity contribution in [2.45, 2.75) is 13.5 Å². The standard InChI is InChI=1S/C16H15N3O3/c1-11-14(16(20)22-17)19-9-5-8-13(15(19)18-11)21-10-12-6-3-2-4-7-12/h2-9H,10,17H2,1H3. The molecule has 0 bridgehead atoms. The van der Waals surface area contributed by atoms with Crippen molar-refractivity contribution in [2.75, 3.05) is 0 Å². The van der Waals surface area contributed by atoms with E-state index in [1.54, 1.807) is 23.6 Å². The van der Waals surface area contributed by atoms with Gasteiger partial charge in [0.15, 0.2) is 17.1 Å². The molecule has 0 aliphatic carbocycles. The smallest absolute Gasteiger partial charge is 0.375 e. The molecule has 0 fully saturated rings. The van der Waals surface area contributed by atoms with Crippen molar-refractivity contribution in [2.24, 2.45) is 5.90 Å². The first-order valence-corrected chi connectivity index (χ1v) is 6.76. The minimum atomic E-state index is -0.634. The number of fused-ring (bicyclic) bond motifs is 1. The first kappa shape index (κ1) is 14.1. The van der Waals surface area contributed by atoms with Crippen LogP contribution in [-0.2, 0) is 11.4 Å². The molecule has 6 heteroatoms. The van der Waals surface area contributed by atoms with Crippen LogP contribution in [0.5, 0.6) is 5.75 Å². The van der Waals surface area contributed by atoms with Crippen molar-refractivity contribution in [1.29, 1.82) is 0 Å². The van der Waals surface area contributed by atoms with E-state index in [0.717, 1.165) is 5.56 Å². The van der Waals surface area contributed by atoms with Crippen molar-refractivity contribution in [1.82, 2.24) is 9.38 Å². The van der Waals surface area contributed by atoms with Crippen molar-refractivity contribution in [3.63, 3.8) is 0 Å². The van der Waals surface area contributed by atoms with Crippen LogP contribution in [0.25, 0.3) is 5.65 Å². The lowest BCUT2D eigenvalue weighted by atomic mass is 10.2. The first-order chi connectivity index (χ1) is 10.7. The Kier molecular flexibility index (Phi) is 3.76. The van der Waals surface area contributed by atoms with Crippen molar-refractivity contribution in [3.05, 3.63) is 65.6 Å². The normalized spacial score (nSPS) is 10.6. The van der Waals surface area contributed by atoms with Crippen LogP contribution in [0, 0.1) is 6.92 Å². The van der Waals surface area contributed by atoms with E-state index in [1.165, 1.54) is 0 Å². The monoisotopic (exact) mass is 297 g/mol. The van der Waals surface area contributed by atoms with Gasteiger partial charge in [0.1, 0.15) is 6.61 Å². The summed E-state index contributed by atoms with van der Waals surface area (Å²) < 4.78 is 7.44. The Balaban J connectivity index is 1.96. The van der Waals surface area contributed by atoms with E-state index in [2.05, 4.69) is 9.82 Å². The van der Waals surface area contributed by atoms with Gasteiger partial charge >= 0.3 is 5.97 Å². The summed E-state index contributed by atoms with van der Waals surface area (Å²) >= 11 is 0. The van der Waals surface area contributed by atoms with Gasteiger partial charge in [0.05, 0.1) is 5.69 Å². The second-order valence-corrected chi connectivity index (χ2v) is 4.79. The molecule has 22 heavy (non-hydrogen) atoms. The molecule has 1 aromatic carbocycles. The molecule has 6 nitrogen and oxygen atoms in total. The predicted molar refractivity (Wildman–Crippen MR) is 80.3 cm³/mol. The molecule has 0 atom stereocenters. The largest absolute Gasteiger partial charge is 0.485 e. The number of nitrogens with two attached hydrogens (primary N) is 1. The van der Waals surface area contributed by atoms with E-state index in [1.807, 2.05) is 36.4 Å². The summed E-state index contributed by atoms with van der Waals surface area (Å²) in [6.45, 7) is 2.14. The van der Waals surface area contributed by atoms with Gasteiger partial charge in [0, 0.05) is 6.20 Å².